The molecule has 0 heterocycles. The first-order chi connectivity index (χ1) is 12.0. The van der Waals surface area contributed by atoms with Gasteiger partial charge in [0.05, 0.1) is 0 Å². The van der Waals surface area contributed by atoms with Crippen LogP contribution in [0.3, 0.4) is 0 Å². The molecule has 0 aromatic carbocycles. The van der Waals surface area contributed by atoms with E-state index in [9.17, 15) is 9.18 Å². The molecule has 0 amide bonds. The monoisotopic (exact) mass is 340 g/mol. The topological polar surface area (TPSA) is 26.3 Å². The lowest BCUT2D eigenvalue weighted by Gasteiger charge is -2.26. The predicted molar refractivity (Wildman–Crippen MR) is 99.2 cm³/mol. The van der Waals surface area contributed by atoms with E-state index in [2.05, 4.69) is 19.2 Å². The minimum absolute atomic E-state index is 0.191. The van der Waals surface area contributed by atoms with Crippen LogP contribution < -0.4 is 0 Å². The second-order valence-corrected chi connectivity index (χ2v) is 6.49. The van der Waals surface area contributed by atoms with Crippen molar-refractivity contribution in [2.24, 2.45) is 11.8 Å². The number of carbonyl (C=O) groups is 1. The van der Waals surface area contributed by atoms with Gasteiger partial charge in [-0.2, -0.15) is 0 Å². The van der Waals surface area contributed by atoms with Crippen LogP contribution in [0.25, 0.3) is 0 Å². The SMILES string of the molecule is C=C/C(=C\C=C/C)OC(=O)C1=C=CC=C(C2CCC(C)CC2)C=C1F. The van der Waals surface area contributed by atoms with Gasteiger partial charge in [-0.1, -0.05) is 44.6 Å². The van der Waals surface area contributed by atoms with Crippen molar-refractivity contribution in [2.45, 2.75) is 39.5 Å². The maximum Gasteiger partial charge on any atom is 0.354 e. The first kappa shape index (κ1) is 19.0. The molecule has 0 saturated heterocycles. The van der Waals surface area contributed by atoms with E-state index in [4.69, 9.17) is 4.74 Å². The average Bonchev–Trinajstić information content (AvgIpc) is 2.80. The number of rotatable bonds is 5. The van der Waals surface area contributed by atoms with Crippen LogP contribution in [-0.4, -0.2) is 5.97 Å². The quantitative estimate of drug-likeness (QED) is 0.270. The smallest absolute Gasteiger partial charge is 0.354 e. The lowest BCUT2D eigenvalue weighted by atomic mass is 9.79. The maximum atomic E-state index is 14.6. The van der Waals surface area contributed by atoms with Gasteiger partial charge in [0, 0.05) is 0 Å². The molecule has 0 atom stereocenters. The molecule has 132 valence electrons. The van der Waals surface area contributed by atoms with Crippen molar-refractivity contribution in [3.05, 3.63) is 77.6 Å². The fourth-order valence-corrected chi connectivity index (χ4v) is 3.05. The molecule has 0 unspecified atom stereocenters. The van der Waals surface area contributed by atoms with E-state index in [1.54, 1.807) is 24.3 Å². The highest BCUT2D eigenvalue weighted by atomic mass is 19.1. The Balaban J connectivity index is 2.12. The number of allylic oxidation sites excluding steroid dienone is 7. The maximum absolute atomic E-state index is 14.6. The van der Waals surface area contributed by atoms with Gasteiger partial charge in [-0.3, -0.25) is 0 Å². The largest absolute Gasteiger partial charge is 0.422 e. The zero-order valence-electron chi connectivity index (χ0n) is 14.9. The minimum Gasteiger partial charge on any atom is -0.422 e. The van der Waals surface area contributed by atoms with Gasteiger partial charge < -0.3 is 4.74 Å². The van der Waals surface area contributed by atoms with E-state index >= 15 is 0 Å². The minimum atomic E-state index is -0.771. The molecule has 0 radical (unpaired) electrons. The molecule has 0 aliphatic heterocycles. The summed E-state index contributed by atoms with van der Waals surface area (Å²) in [5.74, 6) is -0.0276. The summed E-state index contributed by atoms with van der Waals surface area (Å²) < 4.78 is 19.8. The molecule has 0 aromatic heterocycles. The predicted octanol–water partition coefficient (Wildman–Crippen LogP) is 5.88. The van der Waals surface area contributed by atoms with Gasteiger partial charge >= 0.3 is 5.97 Å². The van der Waals surface area contributed by atoms with Crippen LogP contribution >= 0.6 is 0 Å². The summed E-state index contributed by atoms with van der Waals surface area (Å²) in [6.07, 6.45) is 15.9. The molecular weight excluding hydrogens is 315 g/mol. The van der Waals surface area contributed by atoms with Gasteiger partial charge in [-0.15, -0.1) is 5.73 Å². The van der Waals surface area contributed by atoms with E-state index in [0.29, 0.717) is 5.92 Å². The fourth-order valence-electron chi connectivity index (χ4n) is 3.05. The van der Waals surface area contributed by atoms with Crippen LogP contribution in [0.4, 0.5) is 4.39 Å². The average molecular weight is 340 g/mol. The number of halogens is 1. The highest BCUT2D eigenvalue weighted by molar-refractivity contribution is 5.93. The normalized spacial score (nSPS) is 24.3. The van der Waals surface area contributed by atoms with Crippen molar-refractivity contribution in [1.29, 1.82) is 0 Å². The van der Waals surface area contributed by atoms with Crippen molar-refractivity contribution in [3.8, 4) is 0 Å². The molecule has 1 saturated carbocycles. The van der Waals surface area contributed by atoms with Gasteiger partial charge in [0.1, 0.15) is 17.2 Å². The Morgan fingerprint density at radius 1 is 1.36 bits per heavy atom. The van der Waals surface area contributed by atoms with Crippen molar-refractivity contribution < 1.29 is 13.9 Å². The van der Waals surface area contributed by atoms with E-state index in [1.165, 1.54) is 12.2 Å². The number of carbonyl (C=O) groups excluding carboxylic acids is 1. The molecule has 0 aromatic rings. The molecule has 0 spiro atoms. The zero-order valence-corrected chi connectivity index (χ0v) is 14.9. The summed E-state index contributed by atoms with van der Waals surface area (Å²) in [5.41, 5.74) is 3.45. The highest BCUT2D eigenvalue weighted by Crippen LogP contribution is 2.35. The zero-order chi connectivity index (χ0) is 18.2. The van der Waals surface area contributed by atoms with Crippen LogP contribution in [0.2, 0.25) is 0 Å². The van der Waals surface area contributed by atoms with Crippen molar-refractivity contribution in [3.63, 3.8) is 0 Å². The van der Waals surface area contributed by atoms with E-state index in [-0.39, 0.29) is 11.3 Å². The van der Waals surface area contributed by atoms with Crippen LogP contribution in [-0.2, 0) is 9.53 Å². The van der Waals surface area contributed by atoms with E-state index < -0.39 is 11.8 Å². The fraction of sp³-hybridized carbons (Fsp3) is 0.364. The number of ether oxygens (including phenoxy) is 1. The van der Waals surface area contributed by atoms with Crippen LogP contribution in [0.15, 0.2) is 77.6 Å². The van der Waals surface area contributed by atoms with Crippen molar-refractivity contribution in [1.82, 2.24) is 0 Å². The van der Waals surface area contributed by atoms with Gasteiger partial charge in [0.2, 0.25) is 0 Å². The van der Waals surface area contributed by atoms with Gasteiger partial charge in [0.15, 0.2) is 0 Å². The molecule has 2 nitrogen and oxygen atoms in total. The molecule has 1 fully saturated rings. The molecular formula is C22H25FO2. The summed E-state index contributed by atoms with van der Waals surface area (Å²) in [6, 6.07) is 0. The summed E-state index contributed by atoms with van der Waals surface area (Å²) >= 11 is 0. The van der Waals surface area contributed by atoms with E-state index in [0.717, 1.165) is 37.2 Å². The molecule has 25 heavy (non-hydrogen) atoms. The molecule has 3 heteroatoms. The lowest BCUT2D eigenvalue weighted by Crippen LogP contribution is -2.14. The third-order valence-corrected chi connectivity index (χ3v) is 4.59. The van der Waals surface area contributed by atoms with Crippen LogP contribution in [0, 0.1) is 11.8 Å². The third-order valence-electron chi connectivity index (χ3n) is 4.59. The summed E-state index contributed by atoms with van der Waals surface area (Å²) in [5, 5.41) is 0. The Morgan fingerprint density at radius 3 is 2.72 bits per heavy atom. The molecule has 2 rings (SSSR count). The second-order valence-electron chi connectivity index (χ2n) is 6.49. The molecule has 2 aliphatic rings. The standard InChI is InChI=1S/C22H25FO2/c1-4-6-9-19(5-2)25-22(24)20-10-7-8-18(15-21(20)23)17-13-11-16(3)12-14-17/h4-9,15-17H,2,11-14H2,1,3H3/b6-4-,19-9+. The Morgan fingerprint density at radius 2 is 2.08 bits per heavy atom. The van der Waals surface area contributed by atoms with Gasteiger partial charge in [0.25, 0.3) is 0 Å². The van der Waals surface area contributed by atoms with Gasteiger partial charge in [-0.25, -0.2) is 9.18 Å². The summed E-state index contributed by atoms with van der Waals surface area (Å²) in [4.78, 5) is 12.3. The molecule has 0 N–H and O–H groups in total. The number of hydrogen-bond donors (Lipinski definition) is 0. The first-order valence-corrected chi connectivity index (χ1v) is 8.77. The summed E-state index contributed by atoms with van der Waals surface area (Å²) in [7, 11) is 0. The molecule has 0 bridgehead atoms. The Labute approximate surface area is 149 Å². The van der Waals surface area contributed by atoms with Gasteiger partial charge in [-0.05, 0) is 61.5 Å². The van der Waals surface area contributed by atoms with Crippen molar-refractivity contribution >= 4 is 5.97 Å². The highest BCUT2D eigenvalue weighted by Gasteiger charge is 2.24. The second kappa shape index (κ2) is 9.19. The van der Waals surface area contributed by atoms with Crippen LogP contribution in [0.5, 0.6) is 0 Å². The van der Waals surface area contributed by atoms with Crippen LogP contribution in [0.1, 0.15) is 39.5 Å². The number of hydrogen-bond acceptors (Lipinski definition) is 2. The molecule has 2 aliphatic carbocycles. The van der Waals surface area contributed by atoms with E-state index in [1.807, 2.05) is 13.0 Å². The first-order valence-electron chi connectivity index (χ1n) is 8.77. The number of esters is 1. The Bertz CT molecular complexity index is 704. The Hall–Kier alpha value is -2.38. The van der Waals surface area contributed by atoms with Crippen molar-refractivity contribution in [2.75, 3.05) is 0 Å². The Kier molecular flexibility index (Phi) is 6.97. The lowest BCUT2D eigenvalue weighted by molar-refractivity contribution is -0.134. The summed E-state index contributed by atoms with van der Waals surface area (Å²) in [6.45, 7) is 7.69. The third kappa shape index (κ3) is 5.30.